The molecule has 0 unspecified atom stereocenters. The van der Waals surface area contributed by atoms with Gasteiger partial charge in [-0.1, -0.05) is 42.1 Å². The lowest BCUT2D eigenvalue weighted by molar-refractivity contribution is 0.346. The minimum Gasteiger partial charge on any atom is -0.397 e. The first-order valence-corrected chi connectivity index (χ1v) is 5.80. The van der Waals surface area contributed by atoms with Crippen molar-refractivity contribution in [2.24, 2.45) is 5.92 Å². The first-order valence-electron chi connectivity index (χ1n) is 5.00. The van der Waals surface area contributed by atoms with Crippen molar-refractivity contribution < 1.29 is 4.39 Å². The Bertz CT molecular complexity index is 314. The quantitative estimate of drug-likeness (QED) is 0.711. The largest absolute Gasteiger partial charge is 0.397 e. The molecule has 84 valence electrons. The molecule has 0 heterocycles. The second-order valence-corrected chi connectivity index (χ2v) is 4.84. The van der Waals surface area contributed by atoms with Crippen LogP contribution < -0.4 is 11.5 Å². The van der Waals surface area contributed by atoms with Crippen molar-refractivity contribution in [3.05, 3.63) is 22.4 Å². The van der Waals surface area contributed by atoms with Gasteiger partial charge in [0.1, 0.15) is 5.82 Å². The number of halogens is 2. The third-order valence-corrected chi connectivity index (χ3v) is 2.98. The fraction of sp³-hybridized carbons (Fsp3) is 0.455. The van der Waals surface area contributed by atoms with Crippen molar-refractivity contribution in [2.75, 3.05) is 11.5 Å². The molecule has 4 heteroatoms. The van der Waals surface area contributed by atoms with Gasteiger partial charge in [0.25, 0.3) is 0 Å². The summed E-state index contributed by atoms with van der Waals surface area (Å²) in [5.74, 6) is 0.571. The minimum absolute atomic E-state index is 0.00296. The standard InChI is InChI=1S/C6H6BrFN2.C5H10/c7-3-1-4(8)6(10)5(9)2-3;1-5-3-2-4-5/h1-2H,9-10H2;5H,2-4H2,1H3. The van der Waals surface area contributed by atoms with Crippen LogP contribution in [0.2, 0.25) is 0 Å². The number of anilines is 2. The molecule has 1 aliphatic rings. The highest BCUT2D eigenvalue weighted by atomic mass is 79.9. The van der Waals surface area contributed by atoms with E-state index in [1.807, 2.05) is 0 Å². The summed E-state index contributed by atoms with van der Waals surface area (Å²) < 4.78 is 13.2. The molecule has 1 aliphatic carbocycles. The lowest BCUT2D eigenvalue weighted by Gasteiger charge is -2.18. The van der Waals surface area contributed by atoms with E-state index >= 15 is 0 Å². The molecule has 0 saturated heterocycles. The summed E-state index contributed by atoms with van der Waals surface area (Å²) >= 11 is 3.07. The molecule has 4 N–H and O–H groups in total. The highest BCUT2D eigenvalue weighted by Crippen LogP contribution is 2.24. The van der Waals surface area contributed by atoms with Crippen molar-refractivity contribution in [1.82, 2.24) is 0 Å². The molecule has 15 heavy (non-hydrogen) atoms. The molecule has 1 saturated carbocycles. The van der Waals surface area contributed by atoms with Crippen molar-refractivity contribution in [3.63, 3.8) is 0 Å². The van der Waals surface area contributed by atoms with Gasteiger partial charge in [0.2, 0.25) is 0 Å². The normalized spacial score (nSPS) is 15.1. The predicted octanol–water partition coefficient (Wildman–Crippen LogP) is 3.56. The zero-order valence-electron chi connectivity index (χ0n) is 8.76. The number of hydrogen-bond donors (Lipinski definition) is 2. The summed E-state index contributed by atoms with van der Waals surface area (Å²) in [6.07, 6.45) is 4.46. The second kappa shape index (κ2) is 5.35. The van der Waals surface area contributed by atoms with Crippen LogP contribution in [0, 0.1) is 11.7 Å². The van der Waals surface area contributed by atoms with Crippen molar-refractivity contribution >= 4 is 27.3 Å². The minimum atomic E-state index is -0.494. The molecule has 1 aromatic carbocycles. The maximum Gasteiger partial charge on any atom is 0.149 e. The summed E-state index contributed by atoms with van der Waals surface area (Å²) in [6, 6.07) is 2.82. The van der Waals surface area contributed by atoms with E-state index in [0.717, 1.165) is 5.92 Å². The summed E-state index contributed by atoms with van der Waals surface area (Å²) in [5.41, 5.74) is 10.8. The van der Waals surface area contributed by atoms with E-state index in [2.05, 4.69) is 22.9 Å². The third-order valence-electron chi connectivity index (χ3n) is 2.52. The third kappa shape index (κ3) is 3.70. The van der Waals surface area contributed by atoms with Gasteiger partial charge in [-0.3, -0.25) is 0 Å². The predicted molar refractivity (Wildman–Crippen MR) is 65.9 cm³/mol. The Hall–Kier alpha value is -0.770. The maximum atomic E-state index is 12.6. The van der Waals surface area contributed by atoms with Crippen LogP contribution in [0.5, 0.6) is 0 Å². The number of nitrogens with two attached hydrogens (primary N) is 2. The Kier molecular flexibility index (Phi) is 4.39. The SMILES string of the molecule is CC1CCC1.Nc1cc(Br)cc(F)c1N. The van der Waals surface area contributed by atoms with Crippen molar-refractivity contribution in [1.29, 1.82) is 0 Å². The Morgan fingerprint density at radius 1 is 1.33 bits per heavy atom. The maximum absolute atomic E-state index is 12.6. The summed E-state index contributed by atoms with van der Waals surface area (Å²) in [7, 11) is 0. The van der Waals surface area contributed by atoms with E-state index in [1.54, 1.807) is 6.07 Å². The lowest BCUT2D eigenvalue weighted by Crippen LogP contribution is -2.04. The van der Waals surface area contributed by atoms with Crippen LogP contribution in [0.25, 0.3) is 0 Å². The molecule has 0 aromatic heterocycles. The van der Waals surface area contributed by atoms with Crippen LogP contribution in [0.4, 0.5) is 15.8 Å². The molecule has 0 radical (unpaired) electrons. The molecule has 1 fully saturated rings. The molecule has 2 nitrogen and oxygen atoms in total. The molecule has 0 spiro atoms. The Balaban J connectivity index is 0.000000187. The molecule has 1 aromatic rings. The molecule has 0 atom stereocenters. The van der Waals surface area contributed by atoms with Gasteiger partial charge in [-0.2, -0.15) is 0 Å². The van der Waals surface area contributed by atoms with Crippen LogP contribution in [-0.2, 0) is 0 Å². The smallest absolute Gasteiger partial charge is 0.149 e. The Morgan fingerprint density at radius 2 is 1.87 bits per heavy atom. The van der Waals surface area contributed by atoms with Gasteiger partial charge >= 0.3 is 0 Å². The molecule has 0 aliphatic heterocycles. The first-order chi connectivity index (χ1) is 7.00. The number of benzene rings is 1. The van der Waals surface area contributed by atoms with Gasteiger partial charge in [0, 0.05) is 4.47 Å². The molecule has 0 amide bonds. The Labute approximate surface area is 98.0 Å². The van der Waals surface area contributed by atoms with Crippen molar-refractivity contribution in [2.45, 2.75) is 26.2 Å². The van der Waals surface area contributed by atoms with E-state index in [-0.39, 0.29) is 11.4 Å². The topological polar surface area (TPSA) is 52.0 Å². The first kappa shape index (κ1) is 12.3. The molecule has 2 rings (SSSR count). The van der Waals surface area contributed by atoms with E-state index in [1.165, 1.54) is 25.3 Å². The average Bonchev–Trinajstić information content (AvgIpc) is 2.12. The summed E-state index contributed by atoms with van der Waals surface area (Å²) in [4.78, 5) is 0. The van der Waals surface area contributed by atoms with E-state index in [0.29, 0.717) is 4.47 Å². The van der Waals surface area contributed by atoms with E-state index in [4.69, 9.17) is 11.5 Å². The highest BCUT2D eigenvalue weighted by Gasteiger charge is 2.09. The van der Waals surface area contributed by atoms with Gasteiger partial charge in [-0.15, -0.1) is 0 Å². The van der Waals surface area contributed by atoms with Crippen LogP contribution in [0.1, 0.15) is 26.2 Å². The number of rotatable bonds is 0. The van der Waals surface area contributed by atoms with Gasteiger partial charge in [-0.25, -0.2) is 4.39 Å². The average molecular weight is 275 g/mol. The highest BCUT2D eigenvalue weighted by molar-refractivity contribution is 9.10. The van der Waals surface area contributed by atoms with Gasteiger partial charge in [0.15, 0.2) is 0 Å². The van der Waals surface area contributed by atoms with Crippen LogP contribution >= 0.6 is 15.9 Å². The van der Waals surface area contributed by atoms with Crippen LogP contribution in [0.3, 0.4) is 0 Å². The number of nitrogen functional groups attached to an aromatic ring is 2. The molecule has 0 bridgehead atoms. The zero-order valence-corrected chi connectivity index (χ0v) is 10.3. The van der Waals surface area contributed by atoms with Crippen molar-refractivity contribution in [3.8, 4) is 0 Å². The van der Waals surface area contributed by atoms with Crippen LogP contribution in [0.15, 0.2) is 16.6 Å². The van der Waals surface area contributed by atoms with Gasteiger partial charge in [0.05, 0.1) is 11.4 Å². The Morgan fingerprint density at radius 3 is 2.20 bits per heavy atom. The summed E-state index contributed by atoms with van der Waals surface area (Å²) in [6.45, 7) is 2.31. The zero-order chi connectivity index (χ0) is 11.4. The van der Waals surface area contributed by atoms with Gasteiger partial charge < -0.3 is 11.5 Å². The van der Waals surface area contributed by atoms with E-state index < -0.39 is 5.82 Å². The fourth-order valence-electron chi connectivity index (χ4n) is 1.22. The number of hydrogen-bond acceptors (Lipinski definition) is 2. The molecular weight excluding hydrogens is 259 g/mol. The fourth-order valence-corrected chi connectivity index (χ4v) is 1.66. The van der Waals surface area contributed by atoms with Gasteiger partial charge in [-0.05, 0) is 18.1 Å². The lowest BCUT2D eigenvalue weighted by atomic mass is 9.88. The van der Waals surface area contributed by atoms with Crippen LogP contribution in [-0.4, -0.2) is 0 Å². The second-order valence-electron chi connectivity index (χ2n) is 3.93. The molecular formula is C11H16BrFN2. The van der Waals surface area contributed by atoms with E-state index in [9.17, 15) is 4.39 Å². The summed E-state index contributed by atoms with van der Waals surface area (Å²) in [5, 5.41) is 0. The monoisotopic (exact) mass is 274 g/mol.